The molecular formula is C23H22Br2N4O6. The largest absolute Gasteiger partial charge is 0.471 e. The molecule has 0 unspecified atom stereocenters. The number of unbranched alkanes of at least 4 members (excludes halogenated alkanes) is 1. The van der Waals surface area contributed by atoms with Crippen LogP contribution in [-0.2, 0) is 16.0 Å². The number of hydrogen-bond acceptors (Lipinski definition) is 8. The number of carbonyl (C=O) groups excluding carboxylic acids is 1. The molecular weight excluding hydrogens is 588 g/mol. The van der Waals surface area contributed by atoms with Crippen LogP contribution < -0.4 is 10.3 Å². The maximum atomic E-state index is 13.2. The second kappa shape index (κ2) is 11.5. The Hall–Kier alpha value is -3.12. The van der Waals surface area contributed by atoms with Gasteiger partial charge in [0.2, 0.25) is 5.75 Å². The first-order valence-electron chi connectivity index (χ1n) is 10.6. The monoisotopic (exact) mass is 608 g/mol. The summed E-state index contributed by atoms with van der Waals surface area (Å²) >= 11 is 6.64. The number of esters is 1. The lowest BCUT2D eigenvalue weighted by molar-refractivity contribution is -0.386. The molecule has 1 heterocycles. The molecule has 2 aromatic carbocycles. The van der Waals surface area contributed by atoms with Crippen LogP contribution in [0.2, 0.25) is 0 Å². The fourth-order valence-corrected chi connectivity index (χ4v) is 4.17. The van der Waals surface area contributed by atoms with Crippen LogP contribution in [0.4, 0.5) is 5.69 Å². The van der Waals surface area contributed by atoms with Crippen LogP contribution in [0, 0.1) is 10.1 Å². The van der Waals surface area contributed by atoms with Crippen LogP contribution in [-0.4, -0.2) is 40.0 Å². The number of carbonyl (C=O) groups is 1. The predicted molar refractivity (Wildman–Crippen MR) is 138 cm³/mol. The molecule has 12 heteroatoms. The summed E-state index contributed by atoms with van der Waals surface area (Å²) in [5, 5.41) is 16.4. The third-order valence-corrected chi connectivity index (χ3v) is 6.10. The number of ether oxygens (including phenoxy) is 2. The van der Waals surface area contributed by atoms with E-state index in [1.807, 2.05) is 13.0 Å². The molecule has 0 aliphatic carbocycles. The van der Waals surface area contributed by atoms with E-state index in [-0.39, 0.29) is 21.5 Å². The maximum absolute atomic E-state index is 13.2. The van der Waals surface area contributed by atoms with E-state index in [9.17, 15) is 19.7 Å². The molecule has 1 atom stereocenters. The highest BCUT2D eigenvalue weighted by atomic mass is 79.9. The molecule has 0 spiro atoms. The second-order valence-corrected chi connectivity index (χ2v) is 9.32. The third kappa shape index (κ3) is 6.12. The normalized spacial score (nSPS) is 12.1. The predicted octanol–water partition coefficient (Wildman–Crippen LogP) is 4.99. The Labute approximate surface area is 217 Å². The molecule has 0 saturated carbocycles. The molecule has 0 aliphatic rings. The Morgan fingerprint density at radius 3 is 2.71 bits per heavy atom. The summed E-state index contributed by atoms with van der Waals surface area (Å²) in [5.41, 5.74) is 0.175. The lowest BCUT2D eigenvalue weighted by Gasteiger charge is -2.14. The lowest BCUT2D eigenvalue weighted by atomic mass is 10.2. The van der Waals surface area contributed by atoms with Crippen molar-refractivity contribution in [2.24, 2.45) is 5.10 Å². The first-order chi connectivity index (χ1) is 16.7. The van der Waals surface area contributed by atoms with Gasteiger partial charge in [-0.15, -0.1) is 0 Å². The average molecular weight is 610 g/mol. The van der Waals surface area contributed by atoms with Crippen LogP contribution >= 0.6 is 31.9 Å². The van der Waals surface area contributed by atoms with Crippen LogP contribution in [0.3, 0.4) is 0 Å². The van der Waals surface area contributed by atoms with Crippen molar-refractivity contribution in [1.29, 1.82) is 0 Å². The standard InChI is InChI=1S/C23H22Br2N4O6/c1-4-5-6-20-27-18-8-7-15(24)11-16(18)22(30)28(20)26-12-14-9-17(25)21(19(10-14)29(32)33)35-13(2)23(31)34-3/h7-13H,4-6H2,1-3H3/t13-/m1/s1. The van der Waals surface area contributed by atoms with E-state index in [1.54, 1.807) is 12.1 Å². The minimum absolute atomic E-state index is 0.122. The molecule has 3 rings (SSSR count). The van der Waals surface area contributed by atoms with Crippen molar-refractivity contribution in [3.8, 4) is 5.75 Å². The van der Waals surface area contributed by atoms with Crippen molar-refractivity contribution in [1.82, 2.24) is 9.66 Å². The number of halogens is 2. The molecule has 0 bridgehead atoms. The molecule has 0 N–H and O–H groups in total. The van der Waals surface area contributed by atoms with E-state index >= 15 is 0 Å². The summed E-state index contributed by atoms with van der Waals surface area (Å²) in [4.78, 5) is 40.6. The van der Waals surface area contributed by atoms with Gasteiger partial charge >= 0.3 is 11.7 Å². The van der Waals surface area contributed by atoms with Gasteiger partial charge in [-0.1, -0.05) is 29.3 Å². The number of hydrogen-bond donors (Lipinski definition) is 0. The Balaban J connectivity index is 2.08. The molecule has 1 aromatic heterocycles. The van der Waals surface area contributed by atoms with Crippen molar-refractivity contribution < 1.29 is 19.2 Å². The molecule has 0 aliphatic heterocycles. The highest BCUT2D eigenvalue weighted by molar-refractivity contribution is 9.10. The number of fused-ring (bicyclic) bond motifs is 1. The fraction of sp³-hybridized carbons (Fsp3) is 0.304. The Morgan fingerprint density at radius 2 is 2.06 bits per heavy atom. The maximum Gasteiger partial charge on any atom is 0.346 e. The lowest BCUT2D eigenvalue weighted by Crippen LogP contribution is -2.25. The van der Waals surface area contributed by atoms with Gasteiger partial charge in [-0.05, 0) is 53.5 Å². The van der Waals surface area contributed by atoms with Crippen LogP contribution in [0.5, 0.6) is 5.75 Å². The SMILES string of the molecule is CCCCc1nc2ccc(Br)cc2c(=O)n1N=Cc1cc(Br)c(O[C@H](C)C(=O)OC)c([N+](=O)[O-])c1. The van der Waals surface area contributed by atoms with Crippen molar-refractivity contribution >= 4 is 60.6 Å². The number of methoxy groups -OCH3 is 1. The van der Waals surface area contributed by atoms with E-state index in [4.69, 9.17) is 4.74 Å². The van der Waals surface area contributed by atoms with Crippen molar-refractivity contribution in [3.05, 3.63) is 71.1 Å². The highest BCUT2D eigenvalue weighted by Gasteiger charge is 2.25. The number of rotatable bonds is 9. The Morgan fingerprint density at radius 1 is 1.31 bits per heavy atom. The number of benzene rings is 2. The van der Waals surface area contributed by atoms with E-state index in [2.05, 4.69) is 46.7 Å². The summed E-state index contributed by atoms with van der Waals surface area (Å²) in [6.07, 6.45) is 2.54. The minimum Gasteiger partial charge on any atom is -0.471 e. The van der Waals surface area contributed by atoms with E-state index < -0.39 is 17.0 Å². The number of nitro benzene ring substituents is 1. The summed E-state index contributed by atoms with van der Waals surface area (Å²) in [7, 11) is 1.20. The van der Waals surface area contributed by atoms with Gasteiger partial charge in [-0.25, -0.2) is 9.78 Å². The molecule has 0 amide bonds. The van der Waals surface area contributed by atoms with Crippen molar-refractivity contribution in [2.75, 3.05) is 7.11 Å². The zero-order valence-corrected chi connectivity index (χ0v) is 22.3. The van der Waals surface area contributed by atoms with Crippen LogP contribution in [0.25, 0.3) is 10.9 Å². The van der Waals surface area contributed by atoms with Gasteiger partial charge in [0.1, 0.15) is 5.82 Å². The molecule has 3 aromatic rings. The first-order valence-corrected chi connectivity index (χ1v) is 12.2. The van der Waals surface area contributed by atoms with Crippen molar-refractivity contribution in [2.45, 2.75) is 39.2 Å². The Kier molecular flexibility index (Phi) is 8.73. The topological polar surface area (TPSA) is 126 Å². The van der Waals surface area contributed by atoms with Gasteiger partial charge in [0.05, 0.1) is 33.6 Å². The summed E-state index contributed by atoms with van der Waals surface area (Å²) in [6.45, 7) is 3.46. The molecule has 10 nitrogen and oxygen atoms in total. The number of nitro groups is 1. The Bertz CT molecular complexity index is 1370. The summed E-state index contributed by atoms with van der Waals surface area (Å²) in [6, 6.07) is 8.04. The number of aryl methyl sites for hydroxylation is 1. The van der Waals surface area contributed by atoms with E-state index in [1.165, 1.54) is 37.1 Å². The molecule has 35 heavy (non-hydrogen) atoms. The summed E-state index contributed by atoms with van der Waals surface area (Å²) < 4.78 is 12.3. The van der Waals surface area contributed by atoms with Gasteiger partial charge in [0.25, 0.3) is 5.56 Å². The quantitative estimate of drug-likeness (QED) is 0.145. The smallest absolute Gasteiger partial charge is 0.346 e. The molecule has 0 fully saturated rings. The molecule has 0 radical (unpaired) electrons. The highest BCUT2D eigenvalue weighted by Crippen LogP contribution is 2.37. The fourth-order valence-electron chi connectivity index (χ4n) is 3.25. The van der Waals surface area contributed by atoms with E-state index in [0.717, 1.165) is 17.3 Å². The van der Waals surface area contributed by atoms with Gasteiger partial charge < -0.3 is 9.47 Å². The third-order valence-electron chi connectivity index (χ3n) is 5.02. The van der Waals surface area contributed by atoms with Crippen LogP contribution in [0.15, 0.2) is 49.2 Å². The van der Waals surface area contributed by atoms with E-state index in [0.29, 0.717) is 28.7 Å². The zero-order chi connectivity index (χ0) is 25.7. The number of nitrogens with zero attached hydrogens (tertiary/aromatic N) is 4. The first kappa shape index (κ1) is 26.5. The molecule has 184 valence electrons. The second-order valence-electron chi connectivity index (χ2n) is 7.55. The molecule has 0 saturated heterocycles. The summed E-state index contributed by atoms with van der Waals surface area (Å²) in [5.74, 6) is -0.308. The van der Waals surface area contributed by atoms with Crippen LogP contribution in [0.1, 0.15) is 38.1 Å². The van der Waals surface area contributed by atoms with Crippen molar-refractivity contribution in [3.63, 3.8) is 0 Å². The van der Waals surface area contributed by atoms with Gasteiger partial charge in [0.15, 0.2) is 6.10 Å². The van der Waals surface area contributed by atoms with Gasteiger partial charge in [-0.2, -0.15) is 9.78 Å². The number of aromatic nitrogens is 2. The zero-order valence-electron chi connectivity index (χ0n) is 19.2. The van der Waals surface area contributed by atoms with Gasteiger partial charge in [0, 0.05) is 22.5 Å². The van der Waals surface area contributed by atoms with Gasteiger partial charge in [-0.3, -0.25) is 14.9 Å². The minimum atomic E-state index is -1.06. The average Bonchev–Trinajstić information content (AvgIpc) is 2.83.